The summed E-state index contributed by atoms with van der Waals surface area (Å²) in [5.41, 5.74) is 0.492. The van der Waals surface area contributed by atoms with E-state index in [1.54, 1.807) is 25.1 Å². The number of fused-ring (bicyclic) bond motifs is 1. The van der Waals surface area contributed by atoms with Crippen LogP contribution in [-0.2, 0) is 22.8 Å². The van der Waals surface area contributed by atoms with E-state index in [4.69, 9.17) is 0 Å². The Kier molecular flexibility index (Phi) is 8.57. The van der Waals surface area contributed by atoms with E-state index in [1.807, 2.05) is 0 Å². The maximum absolute atomic E-state index is 13.2. The van der Waals surface area contributed by atoms with Crippen molar-refractivity contribution in [2.75, 3.05) is 24.7 Å². The monoisotopic (exact) mass is 505 g/mol. The van der Waals surface area contributed by atoms with E-state index in [2.05, 4.69) is 10.3 Å². The van der Waals surface area contributed by atoms with Gasteiger partial charge in [0.05, 0.1) is 11.3 Å². The molecule has 3 N–H and O–H groups in total. The van der Waals surface area contributed by atoms with Gasteiger partial charge < -0.3 is 20.1 Å². The first-order valence-corrected chi connectivity index (χ1v) is 13.1. The number of pyridine rings is 2. The predicted molar refractivity (Wildman–Crippen MR) is 130 cm³/mol. The van der Waals surface area contributed by atoms with Gasteiger partial charge in [-0.2, -0.15) is 0 Å². The molecule has 0 saturated heterocycles. The van der Waals surface area contributed by atoms with Crippen molar-refractivity contribution in [2.24, 2.45) is 0 Å². The van der Waals surface area contributed by atoms with Crippen LogP contribution in [0.15, 0.2) is 41.3 Å². The second-order valence-electron chi connectivity index (χ2n) is 8.18. The maximum atomic E-state index is 13.2. The Morgan fingerprint density at radius 3 is 2.54 bits per heavy atom. The molecule has 0 spiro atoms. The molecule has 9 nitrogen and oxygen atoms in total. The van der Waals surface area contributed by atoms with Crippen molar-refractivity contribution in [3.05, 3.63) is 69.4 Å². The van der Waals surface area contributed by atoms with E-state index in [-0.39, 0.29) is 54.5 Å². The fourth-order valence-electron chi connectivity index (χ4n) is 3.76. The largest absolute Gasteiger partial charge is 0.505 e. The van der Waals surface area contributed by atoms with E-state index in [1.165, 1.54) is 22.9 Å². The van der Waals surface area contributed by atoms with Crippen LogP contribution in [0.25, 0.3) is 11.0 Å². The standard InChI is InChI=1S/C24H28FN3O6S/c1-2-11-35(33,34)12-8-26-23(31)20-22(30)21-19(28(24(20)32)9-3-10-29)14-17(15-27-21)13-16-4-6-18(25)7-5-16/h4-7,14-15,29-30H,2-3,8-13H2,1H3,(H,26,31). The second-order valence-corrected chi connectivity index (χ2v) is 10.5. The van der Waals surface area contributed by atoms with Crippen LogP contribution in [0.4, 0.5) is 4.39 Å². The first-order valence-electron chi connectivity index (χ1n) is 11.2. The third-order valence-corrected chi connectivity index (χ3v) is 7.29. The van der Waals surface area contributed by atoms with Gasteiger partial charge in [-0.15, -0.1) is 0 Å². The van der Waals surface area contributed by atoms with E-state index >= 15 is 0 Å². The van der Waals surface area contributed by atoms with E-state index in [0.717, 1.165) is 5.56 Å². The topological polar surface area (TPSA) is 139 Å². The zero-order valence-electron chi connectivity index (χ0n) is 19.3. The van der Waals surface area contributed by atoms with Crippen LogP contribution in [0.2, 0.25) is 0 Å². The van der Waals surface area contributed by atoms with Gasteiger partial charge in [-0.05, 0) is 48.6 Å². The van der Waals surface area contributed by atoms with Crippen molar-refractivity contribution >= 4 is 26.8 Å². The second kappa shape index (κ2) is 11.4. The van der Waals surface area contributed by atoms with E-state index in [9.17, 15) is 32.6 Å². The Morgan fingerprint density at radius 1 is 1.17 bits per heavy atom. The number of nitrogens with zero attached hydrogens (tertiary/aromatic N) is 2. The number of carbonyl (C=O) groups excluding carboxylic acids is 1. The number of amides is 1. The molecule has 3 rings (SSSR count). The van der Waals surface area contributed by atoms with Gasteiger partial charge in [0.2, 0.25) is 0 Å². The third-order valence-electron chi connectivity index (χ3n) is 5.44. The zero-order valence-corrected chi connectivity index (χ0v) is 20.1. The normalized spacial score (nSPS) is 11.6. The lowest BCUT2D eigenvalue weighted by atomic mass is 10.1. The summed E-state index contributed by atoms with van der Waals surface area (Å²) in [6.07, 6.45) is 2.56. The van der Waals surface area contributed by atoms with Crippen molar-refractivity contribution in [1.82, 2.24) is 14.9 Å². The molecular weight excluding hydrogens is 477 g/mol. The molecule has 3 aromatic rings. The molecule has 188 valence electrons. The van der Waals surface area contributed by atoms with Crippen LogP contribution in [0, 0.1) is 5.82 Å². The number of aliphatic hydroxyl groups is 1. The summed E-state index contributed by atoms with van der Waals surface area (Å²) in [6, 6.07) is 7.59. The minimum absolute atomic E-state index is 0.0117. The number of aromatic hydroxyl groups is 1. The highest BCUT2D eigenvalue weighted by Gasteiger charge is 2.23. The minimum Gasteiger partial charge on any atom is -0.505 e. The molecule has 0 aliphatic carbocycles. The lowest BCUT2D eigenvalue weighted by Crippen LogP contribution is -2.36. The van der Waals surface area contributed by atoms with Crippen molar-refractivity contribution in [3.8, 4) is 5.75 Å². The highest BCUT2D eigenvalue weighted by molar-refractivity contribution is 7.91. The highest BCUT2D eigenvalue weighted by atomic mass is 32.2. The van der Waals surface area contributed by atoms with Gasteiger partial charge in [-0.25, -0.2) is 12.8 Å². The van der Waals surface area contributed by atoms with Crippen LogP contribution >= 0.6 is 0 Å². The van der Waals surface area contributed by atoms with E-state index in [0.29, 0.717) is 18.4 Å². The Balaban J connectivity index is 1.98. The number of sulfone groups is 1. The molecule has 1 aromatic carbocycles. The quantitative estimate of drug-likeness (QED) is 0.361. The van der Waals surface area contributed by atoms with Crippen LogP contribution in [-0.4, -0.2) is 58.7 Å². The zero-order chi connectivity index (χ0) is 25.6. The fourth-order valence-corrected chi connectivity index (χ4v) is 5.00. The summed E-state index contributed by atoms with van der Waals surface area (Å²) in [7, 11) is -3.34. The van der Waals surface area contributed by atoms with Gasteiger partial charge in [0.1, 0.15) is 16.9 Å². The Hall–Kier alpha value is -3.31. The number of carbonyl (C=O) groups is 1. The van der Waals surface area contributed by atoms with Gasteiger partial charge in [0.25, 0.3) is 11.5 Å². The van der Waals surface area contributed by atoms with Gasteiger partial charge in [0, 0.05) is 31.6 Å². The molecule has 0 atom stereocenters. The summed E-state index contributed by atoms with van der Waals surface area (Å²) in [6.45, 7) is 1.39. The maximum Gasteiger partial charge on any atom is 0.267 e. The molecule has 11 heteroatoms. The molecule has 0 saturated carbocycles. The smallest absolute Gasteiger partial charge is 0.267 e. The van der Waals surface area contributed by atoms with Crippen molar-refractivity contribution in [3.63, 3.8) is 0 Å². The number of rotatable bonds is 11. The number of hydrogen-bond acceptors (Lipinski definition) is 7. The molecule has 2 aromatic heterocycles. The third kappa shape index (κ3) is 6.43. The van der Waals surface area contributed by atoms with Gasteiger partial charge in [0.15, 0.2) is 15.6 Å². The van der Waals surface area contributed by atoms with Crippen molar-refractivity contribution < 1.29 is 27.8 Å². The number of halogens is 1. The molecule has 35 heavy (non-hydrogen) atoms. The predicted octanol–water partition coefficient (Wildman–Crippen LogP) is 1.77. The van der Waals surface area contributed by atoms with E-state index < -0.39 is 32.6 Å². The number of nitrogens with one attached hydrogen (secondary N) is 1. The van der Waals surface area contributed by atoms with Crippen LogP contribution in [0.5, 0.6) is 5.75 Å². The average molecular weight is 506 g/mol. The first-order chi connectivity index (χ1) is 16.7. The first kappa shape index (κ1) is 26.3. The van der Waals surface area contributed by atoms with Crippen LogP contribution in [0.1, 0.15) is 41.3 Å². The Bertz CT molecular complexity index is 1370. The molecule has 0 aliphatic heterocycles. The lowest BCUT2D eigenvalue weighted by molar-refractivity contribution is 0.0951. The molecule has 0 bridgehead atoms. The Labute approximate surface area is 202 Å². The summed E-state index contributed by atoms with van der Waals surface area (Å²) < 4.78 is 38.2. The number of aryl methyl sites for hydroxylation is 1. The van der Waals surface area contributed by atoms with Gasteiger partial charge in [-0.1, -0.05) is 19.1 Å². The van der Waals surface area contributed by atoms with Crippen LogP contribution < -0.4 is 10.9 Å². The SMILES string of the molecule is CCCS(=O)(=O)CCNC(=O)c1c(O)c2ncc(Cc3ccc(F)cc3)cc2n(CCCO)c1=O. The molecule has 0 fully saturated rings. The summed E-state index contributed by atoms with van der Waals surface area (Å²) >= 11 is 0. The number of benzene rings is 1. The minimum atomic E-state index is -3.34. The van der Waals surface area contributed by atoms with Crippen molar-refractivity contribution in [2.45, 2.75) is 32.7 Å². The molecule has 0 aliphatic rings. The molecule has 0 unspecified atom stereocenters. The number of aliphatic hydroxyl groups excluding tert-OH is 1. The average Bonchev–Trinajstić information content (AvgIpc) is 2.80. The van der Waals surface area contributed by atoms with Gasteiger partial charge in [-0.3, -0.25) is 14.6 Å². The fraction of sp³-hybridized carbons (Fsp3) is 0.375. The number of hydrogen-bond donors (Lipinski definition) is 3. The molecule has 0 radical (unpaired) electrons. The van der Waals surface area contributed by atoms with Crippen LogP contribution in [0.3, 0.4) is 0 Å². The molecule has 1 amide bonds. The lowest BCUT2D eigenvalue weighted by Gasteiger charge is -2.15. The van der Waals surface area contributed by atoms with Gasteiger partial charge >= 0.3 is 0 Å². The molecular formula is C24H28FN3O6S. The number of aromatic nitrogens is 2. The summed E-state index contributed by atoms with van der Waals surface area (Å²) in [5.74, 6) is -2.17. The Morgan fingerprint density at radius 2 is 1.89 bits per heavy atom. The molecule has 2 heterocycles. The van der Waals surface area contributed by atoms with Crippen molar-refractivity contribution in [1.29, 1.82) is 0 Å². The summed E-state index contributed by atoms with van der Waals surface area (Å²) in [5, 5.41) is 22.4. The highest BCUT2D eigenvalue weighted by Crippen LogP contribution is 2.26. The summed E-state index contributed by atoms with van der Waals surface area (Å²) in [4.78, 5) is 30.2.